The molecule has 1 aliphatic rings. The maximum Gasteiger partial charge on any atom is 0.322 e. The molecule has 0 aliphatic carbocycles. The smallest absolute Gasteiger partial charge is 0.322 e. The van der Waals surface area contributed by atoms with Gasteiger partial charge in [0.1, 0.15) is 6.10 Å². The predicted molar refractivity (Wildman–Crippen MR) is 127 cm³/mol. The van der Waals surface area contributed by atoms with Crippen molar-refractivity contribution in [2.24, 2.45) is 0 Å². The number of benzene rings is 2. The number of rotatable bonds is 6. The molecule has 1 saturated heterocycles. The second-order valence-corrected chi connectivity index (χ2v) is 8.93. The first-order chi connectivity index (χ1) is 15.6. The molecule has 0 saturated carbocycles. The molecular weight excluding hydrogens is 400 g/mol. The monoisotopic (exact) mass is 430 g/mol. The molecule has 32 heavy (non-hydrogen) atoms. The largest absolute Gasteiger partial charge is 0.460 e. The Labute approximate surface area is 188 Å². The van der Waals surface area contributed by atoms with Gasteiger partial charge in [-0.25, -0.2) is 0 Å². The van der Waals surface area contributed by atoms with Crippen LogP contribution in [0.2, 0.25) is 0 Å². The van der Waals surface area contributed by atoms with Crippen molar-refractivity contribution in [3.05, 3.63) is 59.8 Å². The third-order valence-electron chi connectivity index (χ3n) is 6.25. The van der Waals surface area contributed by atoms with E-state index in [1.807, 2.05) is 6.20 Å². The van der Waals surface area contributed by atoms with Gasteiger partial charge in [0.05, 0.1) is 6.20 Å². The Hall–Kier alpha value is -3.19. The van der Waals surface area contributed by atoms with Crippen molar-refractivity contribution < 1.29 is 4.74 Å². The van der Waals surface area contributed by atoms with E-state index >= 15 is 0 Å². The molecule has 3 heterocycles. The first-order valence-electron chi connectivity index (χ1n) is 11.4. The average molecular weight is 431 g/mol. The van der Waals surface area contributed by atoms with Crippen LogP contribution in [0.5, 0.6) is 6.01 Å². The van der Waals surface area contributed by atoms with Crippen LogP contribution in [0.15, 0.2) is 48.7 Å². The molecule has 2 aromatic carbocycles. The van der Waals surface area contributed by atoms with Gasteiger partial charge >= 0.3 is 6.01 Å². The summed E-state index contributed by atoms with van der Waals surface area (Å²) in [6.45, 7) is 7.00. The van der Waals surface area contributed by atoms with E-state index in [9.17, 15) is 0 Å². The molecule has 7 nitrogen and oxygen atoms in total. The van der Waals surface area contributed by atoms with E-state index in [2.05, 4.69) is 78.7 Å². The highest BCUT2D eigenvalue weighted by atomic mass is 16.5. The molecule has 0 radical (unpaired) electrons. The topological polar surface area (TPSA) is 67.6 Å². The van der Waals surface area contributed by atoms with E-state index < -0.39 is 0 Å². The summed E-state index contributed by atoms with van der Waals surface area (Å²) in [5, 5.41) is 10.5. The normalized spacial score (nSPS) is 15.6. The maximum absolute atomic E-state index is 6.25. The minimum atomic E-state index is 0.144. The van der Waals surface area contributed by atoms with Crippen LogP contribution in [0.1, 0.15) is 43.7 Å². The zero-order chi connectivity index (χ0) is 22.1. The first kappa shape index (κ1) is 20.7. The summed E-state index contributed by atoms with van der Waals surface area (Å²) in [5.74, 6) is 0.960. The van der Waals surface area contributed by atoms with Gasteiger partial charge in [-0.3, -0.25) is 0 Å². The van der Waals surface area contributed by atoms with Gasteiger partial charge < -0.3 is 15.0 Å². The number of piperidine rings is 1. The van der Waals surface area contributed by atoms with Crippen LogP contribution in [-0.2, 0) is 6.54 Å². The fraction of sp³-hybridized carbons (Fsp3) is 0.400. The minimum absolute atomic E-state index is 0.144. The summed E-state index contributed by atoms with van der Waals surface area (Å²) in [6.07, 6.45) is 4.00. The lowest BCUT2D eigenvalue weighted by Gasteiger charge is -2.28. The van der Waals surface area contributed by atoms with Crippen molar-refractivity contribution in [1.82, 2.24) is 24.5 Å². The molecule has 1 aliphatic heterocycles. The molecule has 0 unspecified atom stereocenters. The summed E-state index contributed by atoms with van der Waals surface area (Å²) in [7, 11) is 2.15. The summed E-state index contributed by atoms with van der Waals surface area (Å²) in [5.41, 5.74) is 3.11. The molecule has 0 bridgehead atoms. The van der Waals surface area contributed by atoms with Crippen molar-refractivity contribution in [1.29, 1.82) is 0 Å². The van der Waals surface area contributed by atoms with Gasteiger partial charge in [0.15, 0.2) is 5.65 Å². The number of likely N-dealkylation sites (tertiary alicyclic amines) is 1. The van der Waals surface area contributed by atoms with E-state index in [1.165, 1.54) is 16.3 Å². The molecule has 0 atom stereocenters. The molecule has 0 spiro atoms. The van der Waals surface area contributed by atoms with Gasteiger partial charge in [0, 0.05) is 25.2 Å². The lowest BCUT2D eigenvalue weighted by atomic mass is 10.0. The van der Waals surface area contributed by atoms with E-state index in [-0.39, 0.29) is 6.10 Å². The highest BCUT2D eigenvalue weighted by molar-refractivity contribution is 5.85. The molecular formula is C25H30N6O. The zero-order valence-electron chi connectivity index (χ0n) is 19.0. The van der Waals surface area contributed by atoms with Crippen LogP contribution < -0.4 is 10.1 Å². The summed E-state index contributed by atoms with van der Waals surface area (Å²) in [6, 6.07) is 15.2. The Morgan fingerprint density at radius 1 is 1.06 bits per heavy atom. The van der Waals surface area contributed by atoms with Gasteiger partial charge in [0.2, 0.25) is 5.95 Å². The van der Waals surface area contributed by atoms with Crippen molar-refractivity contribution in [2.75, 3.05) is 25.5 Å². The number of hydrogen-bond acceptors (Lipinski definition) is 6. The summed E-state index contributed by atoms with van der Waals surface area (Å²) in [4.78, 5) is 11.8. The molecule has 5 rings (SSSR count). The maximum atomic E-state index is 6.25. The fourth-order valence-corrected chi connectivity index (χ4v) is 4.32. The van der Waals surface area contributed by atoms with E-state index in [0.29, 0.717) is 24.4 Å². The van der Waals surface area contributed by atoms with Gasteiger partial charge in [-0.05, 0) is 42.1 Å². The number of nitrogens with one attached hydrogen (secondary N) is 1. The average Bonchev–Trinajstić information content (AvgIpc) is 3.23. The van der Waals surface area contributed by atoms with Crippen molar-refractivity contribution in [3.8, 4) is 6.01 Å². The number of nitrogens with zero attached hydrogens (tertiary/aromatic N) is 5. The highest BCUT2D eigenvalue weighted by Crippen LogP contribution is 2.25. The fourth-order valence-electron chi connectivity index (χ4n) is 4.32. The molecule has 4 aromatic rings. The first-order valence-corrected chi connectivity index (χ1v) is 11.4. The molecule has 2 aromatic heterocycles. The predicted octanol–water partition coefficient (Wildman–Crippen LogP) is 4.49. The highest BCUT2D eigenvalue weighted by Gasteiger charge is 2.21. The molecule has 166 valence electrons. The molecule has 1 fully saturated rings. The molecule has 7 heteroatoms. The van der Waals surface area contributed by atoms with E-state index in [4.69, 9.17) is 14.7 Å². The number of aromatic nitrogens is 4. The second-order valence-electron chi connectivity index (χ2n) is 8.93. The van der Waals surface area contributed by atoms with Crippen LogP contribution >= 0.6 is 0 Å². The van der Waals surface area contributed by atoms with Gasteiger partial charge in [-0.2, -0.15) is 19.6 Å². The van der Waals surface area contributed by atoms with E-state index in [1.54, 1.807) is 4.52 Å². The summed E-state index contributed by atoms with van der Waals surface area (Å²) >= 11 is 0. The lowest BCUT2D eigenvalue weighted by Crippen LogP contribution is -2.36. The number of hydrogen-bond donors (Lipinski definition) is 1. The zero-order valence-corrected chi connectivity index (χ0v) is 19.0. The standard InChI is InChI=1S/C25H30N6O/c1-17(2)22-16-27-31-23(22)28-25(32-20-11-13-30(3)14-12-20)29-24(31)26-15-19-9-6-8-18-7-4-5-10-21(18)19/h4-10,16-17,20H,11-15H2,1-3H3,(H,26,28,29). The quantitative estimate of drug-likeness (QED) is 0.486. The molecule has 1 N–H and O–H groups in total. The van der Waals surface area contributed by atoms with Gasteiger partial charge in [-0.1, -0.05) is 56.3 Å². The van der Waals surface area contributed by atoms with Crippen LogP contribution in [0, 0.1) is 0 Å². The molecule has 0 amide bonds. The Kier molecular flexibility index (Phi) is 5.66. The van der Waals surface area contributed by atoms with E-state index in [0.717, 1.165) is 37.1 Å². The number of fused-ring (bicyclic) bond motifs is 2. The third kappa shape index (κ3) is 4.12. The SMILES string of the molecule is CC(C)c1cnn2c(NCc3cccc4ccccc34)nc(OC3CCN(C)CC3)nc12. The van der Waals surface area contributed by atoms with Crippen LogP contribution in [0.4, 0.5) is 5.95 Å². The number of ether oxygens (including phenoxy) is 1. The van der Waals surface area contributed by atoms with Crippen LogP contribution in [0.25, 0.3) is 16.4 Å². The number of anilines is 1. The Morgan fingerprint density at radius 3 is 2.66 bits per heavy atom. The Bertz CT molecular complexity index is 1220. The van der Waals surface area contributed by atoms with Crippen molar-refractivity contribution in [3.63, 3.8) is 0 Å². The van der Waals surface area contributed by atoms with Gasteiger partial charge in [0.25, 0.3) is 0 Å². The Balaban J connectivity index is 1.46. The van der Waals surface area contributed by atoms with Crippen LogP contribution in [0.3, 0.4) is 0 Å². The second kappa shape index (κ2) is 8.74. The van der Waals surface area contributed by atoms with Crippen LogP contribution in [-0.4, -0.2) is 50.7 Å². The third-order valence-corrected chi connectivity index (χ3v) is 6.25. The minimum Gasteiger partial charge on any atom is -0.460 e. The van der Waals surface area contributed by atoms with Crippen molar-refractivity contribution >= 4 is 22.4 Å². The van der Waals surface area contributed by atoms with Crippen molar-refractivity contribution in [2.45, 2.75) is 45.3 Å². The summed E-state index contributed by atoms with van der Waals surface area (Å²) < 4.78 is 8.04. The Morgan fingerprint density at radius 2 is 1.84 bits per heavy atom. The lowest BCUT2D eigenvalue weighted by molar-refractivity contribution is 0.105. The van der Waals surface area contributed by atoms with Gasteiger partial charge in [-0.15, -0.1) is 0 Å².